The first-order valence-electron chi connectivity index (χ1n) is 10.6. The molecule has 1 saturated heterocycles. The molecule has 1 atom stereocenters. The summed E-state index contributed by atoms with van der Waals surface area (Å²) in [6, 6.07) is 12.1. The number of carbonyl (C=O) groups excluding carboxylic acids is 3. The van der Waals surface area contributed by atoms with Crippen LogP contribution in [-0.4, -0.2) is 28.3 Å². The molecule has 0 radical (unpaired) electrons. The summed E-state index contributed by atoms with van der Waals surface area (Å²) in [6.07, 6.45) is 4.40. The predicted molar refractivity (Wildman–Crippen MR) is 116 cm³/mol. The molecule has 32 heavy (non-hydrogen) atoms. The normalized spacial score (nSPS) is 19.2. The fourth-order valence-electron chi connectivity index (χ4n) is 4.49. The van der Waals surface area contributed by atoms with Gasteiger partial charge in [-0.1, -0.05) is 18.6 Å². The Kier molecular flexibility index (Phi) is 5.89. The second-order valence-corrected chi connectivity index (χ2v) is 8.15. The van der Waals surface area contributed by atoms with Crippen LogP contribution in [0.3, 0.4) is 0 Å². The smallest absolute Gasteiger partial charge is 0.307 e. The number of ether oxygens (including phenoxy) is 1. The van der Waals surface area contributed by atoms with Gasteiger partial charge in [0, 0.05) is 17.3 Å². The van der Waals surface area contributed by atoms with Gasteiger partial charge in [0.15, 0.2) is 0 Å². The minimum Gasteiger partial charge on any atom is -0.458 e. The van der Waals surface area contributed by atoms with Crippen LogP contribution in [0.1, 0.15) is 48.9 Å². The van der Waals surface area contributed by atoms with Crippen molar-refractivity contribution < 1.29 is 24.0 Å². The maximum atomic E-state index is 12.9. The molecule has 2 N–H and O–H groups in total. The van der Waals surface area contributed by atoms with E-state index in [1.54, 1.807) is 18.2 Å². The third-order valence-corrected chi connectivity index (χ3v) is 6.10. The van der Waals surface area contributed by atoms with E-state index in [-0.39, 0.29) is 35.2 Å². The number of anilines is 2. The highest BCUT2D eigenvalue weighted by Crippen LogP contribution is 2.44. The lowest BCUT2D eigenvalue weighted by molar-refractivity contribution is -0.383. The standard InChI is InChI=1S/C23H23N3O6/c27-20-14-17(23(32-20)12-4-1-5-13-23)22(29)24-16-10-8-15(9-11-16)21(28)25-18-6-2-3-7-19(18)26(30)31/h2-3,6-11,17H,1,4-5,12-14H2,(H,24,29)(H,25,28)/t17-/m1/s1. The lowest BCUT2D eigenvalue weighted by Crippen LogP contribution is -2.43. The van der Waals surface area contributed by atoms with Crippen molar-refractivity contribution in [1.29, 1.82) is 0 Å². The van der Waals surface area contributed by atoms with E-state index in [1.165, 1.54) is 30.3 Å². The third kappa shape index (κ3) is 4.32. The fourth-order valence-corrected chi connectivity index (χ4v) is 4.49. The number of carbonyl (C=O) groups is 3. The zero-order valence-corrected chi connectivity index (χ0v) is 17.3. The summed E-state index contributed by atoms with van der Waals surface area (Å²) >= 11 is 0. The van der Waals surface area contributed by atoms with E-state index in [0.29, 0.717) is 18.5 Å². The Morgan fingerprint density at radius 3 is 2.38 bits per heavy atom. The van der Waals surface area contributed by atoms with Crippen LogP contribution in [0.5, 0.6) is 0 Å². The third-order valence-electron chi connectivity index (χ3n) is 6.10. The van der Waals surface area contributed by atoms with Crippen LogP contribution in [0.4, 0.5) is 17.1 Å². The summed E-state index contributed by atoms with van der Waals surface area (Å²) in [4.78, 5) is 47.9. The largest absolute Gasteiger partial charge is 0.458 e. The van der Waals surface area contributed by atoms with Gasteiger partial charge in [0.2, 0.25) is 5.91 Å². The molecule has 166 valence electrons. The molecule has 1 heterocycles. The molecule has 1 saturated carbocycles. The van der Waals surface area contributed by atoms with Gasteiger partial charge in [-0.3, -0.25) is 24.5 Å². The molecule has 2 aromatic carbocycles. The highest BCUT2D eigenvalue weighted by atomic mass is 16.6. The van der Waals surface area contributed by atoms with Gasteiger partial charge in [-0.25, -0.2) is 0 Å². The molecular weight excluding hydrogens is 414 g/mol. The van der Waals surface area contributed by atoms with Crippen LogP contribution in [0.2, 0.25) is 0 Å². The van der Waals surface area contributed by atoms with Crippen molar-refractivity contribution in [1.82, 2.24) is 0 Å². The maximum Gasteiger partial charge on any atom is 0.307 e. The van der Waals surface area contributed by atoms with E-state index in [2.05, 4.69) is 10.6 Å². The van der Waals surface area contributed by atoms with Crippen molar-refractivity contribution in [2.24, 2.45) is 5.92 Å². The van der Waals surface area contributed by atoms with Gasteiger partial charge in [0.05, 0.1) is 17.3 Å². The first kappa shape index (κ1) is 21.5. The lowest BCUT2D eigenvalue weighted by Gasteiger charge is -2.36. The van der Waals surface area contributed by atoms with Gasteiger partial charge in [0.1, 0.15) is 11.3 Å². The van der Waals surface area contributed by atoms with Gasteiger partial charge in [-0.2, -0.15) is 0 Å². The van der Waals surface area contributed by atoms with Crippen molar-refractivity contribution in [3.8, 4) is 0 Å². The van der Waals surface area contributed by atoms with Crippen molar-refractivity contribution >= 4 is 34.8 Å². The van der Waals surface area contributed by atoms with E-state index < -0.39 is 22.3 Å². The molecule has 1 spiro atoms. The number of para-hydroxylation sites is 2. The molecule has 2 amide bonds. The van der Waals surface area contributed by atoms with E-state index in [0.717, 1.165) is 19.3 Å². The summed E-state index contributed by atoms with van der Waals surface area (Å²) in [5.74, 6) is -1.64. The molecule has 0 bridgehead atoms. The zero-order valence-electron chi connectivity index (χ0n) is 17.3. The monoisotopic (exact) mass is 437 g/mol. The molecule has 2 fully saturated rings. The Balaban J connectivity index is 1.43. The number of nitro groups is 1. The van der Waals surface area contributed by atoms with E-state index in [1.807, 2.05) is 0 Å². The van der Waals surface area contributed by atoms with Gasteiger partial charge < -0.3 is 15.4 Å². The lowest BCUT2D eigenvalue weighted by atomic mass is 9.75. The molecule has 9 nitrogen and oxygen atoms in total. The maximum absolute atomic E-state index is 12.9. The number of nitrogens with one attached hydrogen (secondary N) is 2. The molecule has 2 aliphatic rings. The van der Waals surface area contributed by atoms with E-state index >= 15 is 0 Å². The van der Waals surface area contributed by atoms with Crippen LogP contribution in [0, 0.1) is 16.0 Å². The SMILES string of the molecule is O=C1C[C@H](C(=O)Nc2ccc(C(=O)Nc3ccccc3[N+](=O)[O-])cc2)C2(CCCCC2)O1. The van der Waals surface area contributed by atoms with Crippen molar-refractivity contribution in [3.05, 3.63) is 64.2 Å². The van der Waals surface area contributed by atoms with Gasteiger partial charge in [-0.05, 0) is 56.0 Å². The molecular formula is C23H23N3O6. The number of hydrogen-bond donors (Lipinski definition) is 2. The van der Waals surface area contributed by atoms with E-state index in [4.69, 9.17) is 4.74 Å². The van der Waals surface area contributed by atoms with Crippen molar-refractivity contribution in [2.75, 3.05) is 10.6 Å². The minimum atomic E-state index is -0.705. The molecule has 4 rings (SSSR count). The van der Waals surface area contributed by atoms with Crippen molar-refractivity contribution in [2.45, 2.75) is 44.1 Å². The summed E-state index contributed by atoms with van der Waals surface area (Å²) in [5, 5.41) is 16.5. The first-order valence-corrected chi connectivity index (χ1v) is 10.6. The van der Waals surface area contributed by atoms with E-state index in [9.17, 15) is 24.5 Å². The predicted octanol–water partition coefficient (Wildman–Crippen LogP) is 4.05. The highest BCUT2D eigenvalue weighted by molar-refractivity contribution is 6.06. The molecule has 1 aliphatic heterocycles. The zero-order chi connectivity index (χ0) is 22.7. The van der Waals surface area contributed by atoms with Crippen LogP contribution in [0.25, 0.3) is 0 Å². The molecule has 0 unspecified atom stereocenters. The Labute approximate surface area is 184 Å². The van der Waals surface area contributed by atoms with Gasteiger partial charge >= 0.3 is 5.97 Å². The summed E-state index contributed by atoms with van der Waals surface area (Å²) < 4.78 is 5.59. The Hall–Kier alpha value is -3.75. The van der Waals surface area contributed by atoms with Crippen LogP contribution in [0.15, 0.2) is 48.5 Å². The number of esters is 1. The number of nitro benzene ring substituents is 1. The molecule has 9 heteroatoms. The van der Waals surface area contributed by atoms with Crippen LogP contribution in [-0.2, 0) is 14.3 Å². The highest BCUT2D eigenvalue weighted by Gasteiger charge is 2.52. The Morgan fingerprint density at radius 2 is 1.69 bits per heavy atom. The summed E-state index contributed by atoms with van der Waals surface area (Å²) in [5.41, 5.74) is -0.0333. The number of nitrogens with zero attached hydrogens (tertiary/aromatic N) is 1. The quantitative estimate of drug-likeness (QED) is 0.413. The Bertz CT molecular complexity index is 1060. The Morgan fingerprint density at radius 1 is 1.00 bits per heavy atom. The minimum absolute atomic E-state index is 0.0716. The van der Waals surface area contributed by atoms with Crippen LogP contribution >= 0.6 is 0 Å². The molecule has 2 aromatic rings. The average Bonchev–Trinajstić information content (AvgIpc) is 3.10. The van der Waals surface area contributed by atoms with Crippen molar-refractivity contribution in [3.63, 3.8) is 0 Å². The first-order chi connectivity index (χ1) is 15.4. The topological polar surface area (TPSA) is 128 Å². The number of rotatable bonds is 5. The van der Waals surface area contributed by atoms with Gasteiger partial charge in [-0.15, -0.1) is 0 Å². The summed E-state index contributed by atoms with van der Waals surface area (Å²) in [7, 11) is 0. The molecule has 1 aliphatic carbocycles. The average molecular weight is 437 g/mol. The summed E-state index contributed by atoms with van der Waals surface area (Å²) in [6.45, 7) is 0. The second-order valence-electron chi connectivity index (χ2n) is 8.15. The number of amides is 2. The van der Waals surface area contributed by atoms with Gasteiger partial charge in [0.25, 0.3) is 11.6 Å². The number of benzene rings is 2. The molecule has 0 aromatic heterocycles. The second kappa shape index (κ2) is 8.78. The van der Waals surface area contributed by atoms with Crippen LogP contribution < -0.4 is 10.6 Å². The number of hydrogen-bond acceptors (Lipinski definition) is 6. The fraction of sp³-hybridized carbons (Fsp3) is 0.348.